The first-order valence-corrected chi connectivity index (χ1v) is 7.71. The average Bonchev–Trinajstić information content (AvgIpc) is 2.57. The second kappa shape index (κ2) is 7.85. The lowest BCUT2D eigenvalue weighted by molar-refractivity contribution is -0.384. The van der Waals surface area contributed by atoms with Crippen molar-refractivity contribution >= 4 is 28.9 Å². The van der Waals surface area contributed by atoms with E-state index in [0.717, 1.165) is 11.1 Å². The van der Waals surface area contributed by atoms with E-state index in [0.29, 0.717) is 16.5 Å². The number of methoxy groups -OCH3 is 1. The molecule has 2 aromatic rings. The molecule has 132 valence electrons. The van der Waals surface area contributed by atoms with Crippen LogP contribution in [0.3, 0.4) is 0 Å². The van der Waals surface area contributed by atoms with Gasteiger partial charge in [0.2, 0.25) is 0 Å². The highest BCUT2D eigenvalue weighted by Gasteiger charge is 2.14. The van der Waals surface area contributed by atoms with Crippen LogP contribution in [0.2, 0.25) is 5.02 Å². The lowest BCUT2D eigenvalue weighted by Crippen LogP contribution is -2.20. The average molecular weight is 365 g/mol. The maximum absolute atomic E-state index is 12.1. The van der Waals surface area contributed by atoms with Crippen LogP contribution in [0.1, 0.15) is 11.1 Å². The molecule has 0 saturated carbocycles. The predicted octanol–water partition coefficient (Wildman–Crippen LogP) is 3.89. The Morgan fingerprint density at radius 1 is 1.24 bits per heavy atom. The Kier molecular flexibility index (Phi) is 5.82. The van der Waals surface area contributed by atoms with Crippen molar-refractivity contribution in [2.45, 2.75) is 13.8 Å². The monoisotopic (exact) mass is 364 g/mol. The Morgan fingerprint density at radius 2 is 1.88 bits per heavy atom. The highest BCUT2D eigenvalue weighted by atomic mass is 35.5. The van der Waals surface area contributed by atoms with Gasteiger partial charge in [0.25, 0.3) is 11.6 Å². The number of non-ortho nitro benzene ring substituents is 1. The van der Waals surface area contributed by atoms with Gasteiger partial charge in [-0.1, -0.05) is 11.6 Å². The third kappa shape index (κ3) is 4.60. The quantitative estimate of drug-likeness (QED) is 0.620. The Morgan fingerprint density at radius 3 is 2.44 bits per heavy atom. The van der Waals surface area contributed by atoms with Gasteiger partial charge in [-0.25, -0.2) is 0 Å². The van der Waals surface area contributed by atoms with E-state index < -0.39 is 10.8 Å². The molecule has 0 heterocycles. The molecule has 0 saturated heterocycles. The number of hydrogen-bond donors (Lipinski definition) is 1. The summed E-state index contributed by atoms with van der Waals surface area (Å²) in [5.74, 6) is 0.363. The van der Waals surface area contributed by atoms with E-state index in [1.54, 1.807) is 12.1 Å². The molecule has 1 N–H and O–H groups in total. The zero-order chi connectivity index (χ0) is 18.6. The van der Waals surface area contributed by atoms with E-state index >= 15 is 0 Å². The number of carbonyl (C=O) groups excluding carboxylic acids is 1. The maximum Gasteiger partial charge on any atom is 0.271 e. The number of aryl methyl sites for hydroxylation is 2. The molecule has 25 heavy (non-hydrogen) atoms. The Bertz CT molecular complexity index is 800. The lowest BCUT2D eigenvalue weighted by atomic mass is 10.1. The SMILES string of the molecule is COc1ccc([N+](=O)[O-])cc1NC(=O)COc1cc(C)c(Cl)c(C)c1. The first-order chi connectivity index (χ1) is 11.8. The number of nitro benzene ring substituents is 1. The van der Waals surface area contributed by atoms with Crippen molar-refractivity contribution in [1.82, 2.24) is 0 Å². The topological polar surface area (TPSA) is 90.7 Å². The number of amides is 1. The summed E-state index contributed by atoms with van der Waals surface area (Å²) in [7, 11) is 1.41. The summed E-state index contributed by atoms with van der Waals surface area (Å²) >= 11 is 6.09. The molecule has 0 radical (unpaired) electrons. The van der Waals surface area contributed by atoms with Gasteiger partial charge in [0.1, 0.15) is 11.5 Å². The number of halogens is 1. The van der Waals surface area contributed by atoms with Crippen molar-refractivity contribution in [2.75, 3.05) is 19.0 Å². The number of nitrogens with zero attached hydrogens (tertiary/aromatic N) is 1. The van der Waals surface area contributed by atoms with Gasteiger partial charge in [0, 0.05) is 17.2 Å². The fraction of sp³-hybridized carbons (Fsp3) is 0.235. The van der Waals surface area contributed by atoms with Gasteiger partial charge in [-0.3, -0.25) is 14.9 Å². The Balaban J connectivity index is 2.08. The second-order valence-corrected chi connectivity index (χ2v) is 5.73. The van der Waals surface area contributed by atoms with E-state index in [2.05, 4.69) is 5.32 Å². The lowest BCUT2D eigenvalue weighted by Gasteiger charge is -2.12. The highest BCUT2D eigenvalue weighted by molar-refractivity contribution is 6.32. The maximum atomic E-state index is 12.1. The normalized spacial score (nSPS) is 10.2. The van der Waals surface area contributed by atoms with Gasteiger partial charge in [-0.15, -0.1) is 0 Å². The van der Waals surface area contributed by atoms with Crippen molar-refractivity contribution in [3.63, 3.8) is 0 Å². The zero-order valence-electron chi connectivity index (χ0n) is 14.0. The number of hydrogen-bond acceptors (Lipinski definition) is 5. The largest absolute Gasteiger partial charge is 0.495 e. The van der Waals surface area contributed by atoms with Crippen LogP contribution < -0.4 is 14.8 Å². The van der Waals surface area contributed by atoms with Gasteiger partial charge >= 0.3 is 0 Å². The molecule has 0 aliphatic heterocycles. The number of nitrogens with one attached hydrogen (secondary N) is 1. The van der Waals surface area contributed by atoms with E-state index in [4.69, 9.17) is 21.1 Å². The molecule has 7 nitrogen and oxygen atoms in total. The minimum atomic E-state index is -0.551. The summed E-state index contributed by atoms with van der Waals surface area (Å²) in [6.07, 6.45) is 0. The minimum absolute atomic E-state index is 0.152. The third-order valence-corrected chi connectivity index (χ3v) is 4.04. The Labute approximate surface area is 149 Å². The van der Waals surface area contributed by atoms with Crippen LogP contribution in [0.5, 0.6) is 11.5 Å². The van der Waals surface area contributed by atoms with Crippen molar-refractivity contribution in [1.29, 1.82) is 0 Å². The molecular formula is C17H17ClN2O5. The summed E-state index contributed by atoms with van der Waals surface area (Å²) in [6, 6.07) is 7.41. The first kappa shape index (κ1) is 18.5. The summed E-state index contributed by atoms with van der Waals surface area (Å²) in [6.45, 7) is 3.43. The number of nitro groups is 1. The van der Waals surface area contributed by atoms with Gasteiger partial charge in [0.15, 0.2) is 6.61 Å². The molecule has 0 aliphatic rings. The van der Waals surface area contributed by atoms with Crippen molar-refractivity contribution in [3.05, 3.63) is 56.6 Å². The van der Waals surface area contributed by atoms with Gasteiger partial charge in [0.05, 0.1) is 17.7 Å². The molecular weight excluding hydrogens is 348 g/mol. The van der Waals surface area contributed by atoms with Crippen LogP contribution in [0.15, 0.2) is 30.3 Å². The van der Waals surface area contributed by atoms with E-state index in [-0.39, 0.29) is 18.0 Å². The van der Waals surface area contributed by atoms with Gasteiger partial charge in [-0.2, -0.15) is 0 Å². The molecule has 1 amide bonds. The van der Waals surface area contributed by atoms with Gasteiger partial charge < -0.3 is 14.8 Å². The number of ether oxygens (including phenoxy) is 2. The van der Waals surface area contributed by atoms with E-state index in [9.17, 15) is 14.9 Å². The summed E-state index contributed by atoms with van der Waals surface area (Å²) < 4.78 is 10.6. The molecule has 2 rings (SSSR count). The molecule has 0 fully saturated rings. The van der Waals surface area contributed by atoms with Crippen LogP contribution in [0, 0.1) is 24.0 Å². The van der Waals surface area contributed by atoms with E-state index in [1.165, 1.54) is 25.3 Å². The molecule has 0 aromatic heterocycles. The third-order valence-electron chi connectivity index (χ3n) is 3.45. The summed E-state index contributed by atoms with van der Waals surface area (Å²) in [5.41, 5.74) is 1.74. The molecule has 0 atom stereocenters. The highest BCUT2D eigenvalue weighted by Crippen LogP contribution is 2.29. The number of anilines is 1. The van der Waals surface area contributed by atoms with Crippen LogP contribution >= 0.6 is 11.6 Å². The number of rotatable bonds is 6. The zero-order valence-corrected chi connectivity index (χ0v) is 14.7. The number of benzene rings is 2. The first-order valence-electron chi connectivity index (χ1n) is 7.33. The standard InChI is InChI=1S/C17H17ClN2O5/c1-10-6-13(7-11(2)17(10)18)25-9-16(21)19-14-8-12(20(22)23)4-5-15(14)24-3/h4-8H,9H2,1-3H3,(H,19,21). The van der Waals surface area contributed by atoms with Gasteiger partial charge in [-0.05, 0) is 43.2 Å². The molecule has 2 aromatic carbocycles. The smallest absolute Gasteiger partial charge is 0.271 e. The molecule has 0 unspecified atom stereocenters. The van der Waals surface area contributed by atoms with Crippen molar-refractivity contribution < 1.29 is 19.2 Å². The van der Waals surface area contributed by atoms with Crippen LogP contribution in [0.4, 0.5) is 11.4 Å². The minimum Gasteiger partial charge on any atom is -0.495 e. The molecule has 0 aliphatic carbocycles. The molecule has 0 spiro atoms. The van der Waals surface area contributed by atoms with Crippen LogP contribution in [-0.2, 0) is 4.79 Å². The van der Waals surface area contributed by atoms with Crippen molar-refractivity contribution in [3.8, 4) is 11.5 Å². The Hall–Kier alpha value is -2.80. The summed E-state index contributed by atoms with van der Waals surface area (Å²) in [5, 5.41) is 14.1. The second-order valence-electron chi connectivity index (χ2n) is 5.35. The fourth-order valence-corrected chi connectivity index (χ4v) is 2.34. The van der Waals surface area contributed by atoms with Crippen LogP contribution in [0.25, 0.3) is 0 Å². The van der Waals surface area contributed by atoms with E-state index in [1.807, 2.05) is 13.8 Å². The summed E-state index contributed by atoms with van der Waals surface area (Å²) in [4.78, 5) is 22.4. The predicted molar refractivity (Wildman–Crippen MR) is 94.7 cm³/mol. The fourth-order valence-electron chi connectivity index (χ4n) is 2.23. The van der Waals surface area contributed by atoms with Crippen LogP contribution in [-0.4, -0.2) is 24.5 Å². The molecule has 8 heteroatoms. The van der Waals surface area contributed by atoms with Crippen molar-refractivity contribution in [2.24, 2.45) is 0 Å². The molecule has 0 bridgehead atoms. The number of carbonyl (C=O) groups is 1.